The zero-order valence-corrected chi connectivity index (χ0v) is 11.7. The van der Waals surface area contributed by atoms with Crippen molar-refractivity contribution in [3.63, 3.8) is 0 Å². The van der Waals surface area contributed by atoms with Gasteiger partial charge in [-0.1, -0.05) is 35.8 Å². The van der Waals surface area contributed by atoms with Crippen molar-refractivity contribution in [2.24, 2.45) is 5.41 Å². The van der Waals surface area contributed by atoms with E-state index < -0.39 is 0 Å². The summed E-state index contributed by atoms with van der Waals surface area (Å²) in [5, 5.41) is 2.06. The number of aromatic nitrogens is 1. The van der Waals surface area contributed by atoms with Crippen LogP contribution in [0.25, 0.3) is 10.9 Å². The van der Waals surface area contributed by atoms with Gasteiger partial charge in [0.05, 0.1) is 12.1 Å². The molecule has 0 N–H and O–H groups in total. The van der Waals surface area contributed by atoms with Crippen LogP contribution in [-0.2, 0) is 0 Å². The summed E-state index contributed by atoms with van der Waals surface area (Å²) in [5.41, 5.74) is 1.11. The maximum Gasteiger partial charge on any atom is 0.121 e. The Bertz CT molecular complexity index is 510. The van der Waals surface area contributed by atoms with Gasteiger partial charge in [0.2, 0.25) is 0 Å². The molecule has 0 radical (unpaired) electrons. The standard InChI is InChI=1S/C14H16BrNO/c1-14(2,9-15)10-17-12-6-5-11-4-3-7-16-13(11)8-12/h3-8H,9-10H2,1-2H3. The summed E-state index contributed by atoms with van der Waals surface area (Å²) in [6, 6.07) is 10.0. The third kappa shape index (κ3) is 3.19. The van der Waals surface area contributed by atoms with Crippen LogP contribution in [0.5, 0.6) is 5.75 Å². The monoisotopic (exact) mass is 293 g/mol. The SMILES string of the molecule is CC(C)(CBr)COc1ccc2cccnc2c1. The smallest absolute Gasteiger partial charge is 0.121 e. The van der Waals surface area contributed by atoms with Crippen LogP contribution in [0, 0.1) is 5.41 Å². The van der Waals surface area contributed by atoms with Gasteiger partial charge in [0.15, 0.2) is 0 Å². The molecule has 0 fully saturated rings. The van der Waals surface area contributed by atoms with Gasteiger partial charge in [-0.2, -0.15) is 0 Å². The Morgan fingerprint density at radius 1 is 1.29 bits per heavy atom. The Morgan fingerprint density at radius 2 is 2.12 bits per heavy atom. The fraction of sp³-hybridized carbons (Fsp3) is 0.357. The molecule has 2 rings (SSSR count). The largest absolute Gasteiger partial charge is 0.493 e. The van der Waals surface area contributed by atoms with Gasteiger partial charge in [-0.15, -0.1) is 0 Å². The van der Waals surface area contributed by atoms with Crippen LogP contribution in [0.1, 0.15) is 13.8 Å². The Kier molecular flexibility index (Phi) is 3.67. The number of hydrogen-bond acceptors (Lipinski definition) is 2. The molecule has 0 aliphatic heterocycles. The lowest BCUT2D eigenvalue weighted by molar-refractivity contribution is 0.203. The van der Waals surface area contributed by atoms with Crippen LogP contribution in [0.4, 0.5) is 0 Å². The number of alkyl halides is 1. The molecule has 3 heteroatoms. The molecule has 90 valence electrons. The molecular formula is C14H16BrNO. The van der Waals surface area contributed by atoms with Gasteiger partial charge in [0, 0.05) is 28.4 Å². The highest BCUT2D eigenvalue weighted by atomic mass is 79.9. The number of benzene rings is 1. The van der Waals surface area contributed by atoms with E-state index in [1.165, 1.54) is 0 Å². The molecule has 0 unspecified atom stereocenters. The fourth-order valence-electron chi connectivity index (χ4n) is 1.45. The van der Waals surface area contributed by atoms with E-state index in [0.29, 0.717) is 6.61 Å². The molecule has 0 spiro atoms. The second-order valence-electron chi connectivity index (χ2n) is 4.94. The number of fused-ring (bicyclic) bond motifs is 1. The average molecular weight is 294 g/mol. The first kappa shape index (κ1) is 12.4. The maximum atomic E-state index is 5.80. The third-order valence-electron chi connectivity index (χ3n) is 2.57. The topological polar surface area (TPSA) is 22.1 Å². The molecule has 1 aromatic heterocycles. The van der Waals surface area contributed by atoms with Gasteiger partial charge in [0.1, 0.15) is 5.75 Å². The molecule has 0 aliphatic carbocycles. The predicted octanol–water partition coefficient (Wildman–Crippen LogP) is 4.03. The van der Waals surface area contributed by atoms with Gasteiger partial charge < -0.3 is 4.74 Å². The van der Waals surface area contributed by atoms with Gasteiger partial charge >= 0.3 is 0 Å². The molecule has 0 atom stereocenters. The lowest BCUT2D eigenvalue weighted by atomic mass is 9.98. The molecule has 2 aromatic rings. The Hall–Kier alpha value is -1.09. The quantitative estimate of drug-likeness (QED) is 0.794. The van der Waals surface area contributed by atoms with E-state index in [1.54, 1.807) is 6.20 Å². The second-order valence-corrected chi connectivity index (χ2v) is 5.51. The van der Waals surface area contributed by atoms with Gasteiger partial charge in [0.25, 0.3) is 0 Å². The van der Waals surface area contributed by atoms with Crippen molar-refractivity contribution in [3.8, 4) is 5.75 Å². The predicted molar refractivity (Wildman–Crippen MR) is 74.8 cm³/mol. The van der Waals surface area contributed by atoms with Crippen molar-refractivity contribution in [3.05, 3.63) is 36.5 Å². The lowest BCUT2D eigenvalue weighted by Crippen LogP contribution is -2.22. The lowest BCUT2D eigenvalue weighted by Gasteiger charge is -2.21. The molecule has 0 saturated carbocycles. The molecule has 2 nitrogen and oxygen atoms in total. The average Bonchev–Trinajstić information content (AvgIpc) is 2.36. The maximum absolute atomic E-state index is 5.80. The second kappa shape index (κ2) is 5.05. The number of nitrogens with zero attached hydrogens (tertiary/aromatic N) is 1. The Balaban J connectivity index is 2.14. The molecule has 17 heavy (non-hydrogen) atoms. The van der Waals surface area contributed by atoms with E-state index in [1.807, 2.05) is 24.3 Å². The van der Waals surface area contributed by atoms with Gasteiger partial charge in [-0.25, -0.2) is 0 Å². The van der Waals surface area contributed by atoms with Crippen molar-refractivity contribution < 1.29 is 4.74 Å². The van der Waals surface area contributed by atoms with Crippen molar-refractivity contribution in [2.75, 3.05) is 11.9 Å². The number of pyridine rings is 1. The van der Waals surface area contributed by atoms with Crippen LogP contribution >= 0.6 is 15.9 Å². The number of rotatable bonds is 4. The first-order chi connectivity index (χ1) is 8.11. The fourth-order valence-corrected chi connectivity index (χ4v) is 1.62. The van der Waals surface area contributed by atoms with Crippen LogP contribution in [0.2, 0.25) is 0 Å². The summed E-state index contributed by atoms with van der Waals surface area (Å²) in [7, 11) is 0. The summed E-state index contributed by atoms with van der Waals surface area (Å²) in [6.07, 6.45) is 1.80. The molecular weight excluding hydrogens is 278 g/mol. The van der Waals surface area contributed by atoms with E-state index in [4.69, 9.17) is 4.74 Å². The highest BCUT2D eigenvalue weighted by Crippen LogP contribution is 2.23. The molecule has 1 heterocycles. The van der Waals surface area contributed by atoms with Crippen LogP contribution < -0.4 is 4.74 Å². The first-order valence-corrected chi connectivity index (χ1v) is 6.76. The van der Waals surface area contributed by atoms with E-state index in [9.17, 15) is 0 Å². The molecule has 0 amide bonds. The third-order valence-corrected chi connectivity index (χ3v) is 4.09. The van der Waals surface area contributed by atoms with E-state index in [-0.39, 0.29) is 5.41 Å². The Morgan fingerprint density at radius 3 is 2.88 bits per heavy atom. The minimum Gasteiger partial charge on any atom is -0.493 e. The van der Waals surface area contributed by atoms with Crippen molar-refractivity contribution >= 4 is 26.8 Å². The van der Waals surface area contributed by atoms with Crippen molar-refractivity contribution in [2.45, 2.75) is 13.8 Å². The first-order valence-electron chi connectivity index (χ1n) is 5.64. The van der Waals surface area contributed by atoms with E-state index in [0.717, 1.165) is 22.0 Å². The highest BCUT2D eigenvalue weighted by molar-refractivity contribution is 9.09. The summed E-state index contributed by atoms with van der Waals surface area (Å²) in [6.45, 7) is 5.03. The van der Waals surface area contributed by atoms with Gasteiger partial charge in [-0.05, 0) is 18.2 Å². The van der Waals surface area contributed by atoms with Crippen molar-refractivity contribution in [1.29, 1.82) is 0 Å². The summed E-state index contributed by atoms with van der Waals surface area (Å²) >= 11 is 3.49. The van der Waals surface area contributed by atoms with E-state index >= 15 is 0 Å². The Labute approximate surface area is 110 Å². The minimum absolute atomic E-state index is 0.138. The molecule has 0 bridgehead atoms. The molecule has 0 aliphatic rings. The van der Waals surface area contributed by atoms with Gasteiger partial charge in [-0.3, -0.25) is 4.98 Å². The summed E-state index contributed by atoms with van der Waals surface area (Å²) in [5.74, 6) is 0.880. The number of halogens is 1. The minimum atomic E-state index is 0.138. The highest BCUT2D eigenvalue weighted by Gasteiger charge is 2.16. The molecule has 0 saturated heterocycles. The van der Waals surface area contributed by atoms with Crippen LogP contribution in [-0.4, -0.2) is 16.9 Å². The normalized spacial score (nSPS) is 11.7. The van der Waals surface area contributed by atoms with E-state index in [2.05, 4.69) is 40.8 Å². The summed E-state index contributed by atoms with van der Waals surface area (Å²) in [4.78, 5) is 4.32. The zero-order chi connectivity index (χ0) is 12.3. The zero-order valence-electron chi connectivity index (χ0n) is 10.1. The van der Waals surface area contributed by atoms with Crippen LogP contribution in [0.15, 0.2) is 36.5 Å². The number of ether oxygens (including phenoxy) is 1. The number of hydrogen-bond donors (Lipinski definition) is 0. The molecule has 1 aromatic carbocycles. The van der Waals surface area contributed by atoms with Crippen molar-refractivity contribution in [1.82, 2.24) is 4.98 Å². The van der Waals surface area contributed by atoms with Crippen LogP contribution in [0.3, 0.4) is 0 Å². The summed E-state index contributed by atoms with van der Waals surface area (Å²) < 4.78 is 5.80.